The number of likely N-dealkylation sites (tertiary alicyclic amines) is 1. The van der Waals surface area contributed by atoms with Crippen molar-refractivity contribution in [2.24, 2.45) is 0 Å². The molecule has 0 atom stereocenters. The van der Waals surface area contributed by atoms with Crippen molar-refractivity contribution in [3.8, 4) is 16.3 Å². The van der Waals surface area contributed by atoms with Crippen molar-refractivity contribution < 1.29 is 18.3 Å². The minimum atomic E-state index is -0.721. The van der Waals surface area contributed by atoms with Gasteiger partial charge >= 0.3 is 0 Å². The Kier molecular flexibility index (Phi) is 6.03. The summed E-state index contributed by atoms with van der Waals surface area (Å²) >= 11 is 1.57. The summed E-state index contributed by atoms with van der Waals surface area (Å²) in [5.41, 5.74) is 2.01. The Bertz CT molecular complexity index is 1330. The summed E-state index contributed by atoms with van der Waals surface area (Å²) in [6, 6.07) is 9.18. The predicted molar refractivity (Wildman–Crippen MR) is 127 cm³/mol. The van der Waals surface area contributed by atoms with E-state index >= 15 is 0 Å². The van der Waals surface area contributed by atoms with Crippen LogP contribution in [0.5, 0.6) is 5.75 Å². The first-order valence-electron chi connectivity index (χ1n) is 11.2. The van der Waals surface area contributed by atoms with Crippen molar-refractivity contribution in [2.75, 3.05) is 13.1 Å². The van der Waals surface area contributed by atoms with Gasteiger partial charge in [-0.05, 0) is 43.5 Å². The highest BCUT2D eigenvalue weighted by Gasteiger charge is 2.28. The number of aromatic nitrogens is 3. The summed E-state index contributed by atoms with van der Waals surface area (Å²) < 4.78 is 34.7. The second-order valence-corrected chi connectivity index (χ2v) is 9.58. The molecule has 3 aromatic heterocycles. The summed E-state index contributed by atoms with van der Waals surface area (Å²) in [4.78, 5) is 21.2. The lowest BCUT2D eigenvalue weighted by Gasteiger charge is -2.32. The summed E-state index contributed by atoms with van der Waals surface area (Å²) in [6.45, 7) is 5.01. The lowest BCUT2D eigenvalue weighted by Crippen LogP contribution is -2.42. The zero-order chi connectivity index (χ0) is 23.8. The molecule has 1 aliphatic rings. The molecule has 0 saturated carbocycles. The molecule has 1 amide bonds. The van der Waals surface area contributed by atoms with Crippen LogP contribution in [0.2, 0.25) is 0 Å². The second-order valence-electron chi connectivity index (χ2n) is 8.64. The Morgan fingerprint density at radius 3 is 2.65 bits per heavy atom. The highest BCUT2D eigenvalue weighted by Crippen LogP contribution is 2.30. The van der Waals surface area contributed by atoms with Crippen molar-refractivity contribution in [3.63, 3.8) is 0 Å². The van der Waals surface area contributed by atoms with Crippen LogP contribution in [0.1, 0.15) is 43.1 Å². The minimum Gasteiger partial charge on any atom is -0.487 e. The van der Waals surface area contributed by atoms with Crippen LogP contribution in [0.25, 0.3) is 21.6 Å². The van der Waals surface area contributed by atoms with Gasteiger partial charge in [0, 0.05) is 38.0 Å². The number of ether oxygens (including phenoxy) is 1. The first kappa shape index (κ1) is 22.5. The number of hydrogen-bond donors (Lipinski definition) is 0. The monoisotopic (exact) mass is 482 g/mol. The maximum absolute atomic E-state index is 14.0. The van der Waals surface area contributed by atoms with E-state index in [9.17, 15) is 13.6 Å². The Hall–Kier alpha value is -3.33. The van der Waals surface area contributed by atoms with Gasteiger partial charge in [-0.3, -0.25) is 4.79 Å². The van der Waals surface area contributed by atoms with Gasteiger partial charge in [0.1, 0.15) is 11.9 Å². The standard InChI is InChI=1S/C25H24F2N4O2S/c1-15(2)31-24-19(14-28-31)18(13-21(29-24)23-4-3-11-34-23)25(32)30-9-7-17(8-10-30)33-22-6-5-16(26)12-20(22)27/h3-6,11-15,17H,7-10H2,1-2H3. The van der Waals surface area contributed by atoms with Crippen molar-refractivity contribution in [1.29, 1.82) is 0 Å². The normalized spacial score (nSPS) is 14.8. The number of hydrogen-bond acceptors (Lipinski definition) is 5. The Morgan fingerprint density at radius 2 is 1.97 bits per heavy atom. The first-order chi connectivity index (χ1) is 16.4. The molecule has 1 aromatic carbocycles. The third-order valence-corrected chi connectivity index (χ3v) is 6.87. The van der Waals surface area contributed by atoms with E-state index in [1.807, 2.05) is 42.1 Å². The van der Waals surface area contributed by atoms with Crippen LogP contribution < -0.4 is 4.74 Å². The quantitative estimate of drug-likeness (QED) is 0.366. The highest BCUT2D eigenvalue weighted by atomic mass is 32.1. The van der Waals surface area contributed by atoms with Gasteiger partial charge in [0.2, 0.25) is 0 Å². The zero-order valence-corrected chi connectivity index (χ0v) is 19.7. The molecule has 0 bridgehead atoms. The van der Waals surface area contributed by atoms with Crippen molar-refractivity contribution in [2.45, 2.75) is 38.8 Å². The molecule has 1 saturated heterocycles. The van der Waals surface area contributed by atoms with Gasteiger partial charge in [-0.1, -0.05) is 6.07 Å². The number of amides is 1. The maximum Gasteiger partial charge on any atom is 0.254 e. The number of thiophene rings is 1. The molecule has 1 aliphatic heterocycles. The van der Waals surface area contributed by atoms with Crippen molar-refractivity contribution >= 4 is 28.3 Å². The number of halogens is 2. The average Bonchev–Trinajstić information content (AvgIpc) is 3.50. The number of piperidine rings is 1. The lowest BCUT2D eigenvalue weighted by atomic mass is 10.0. The number of carbonyl (C=O) groups excluding carboxylic acids is 1. The first-order valence-corrected chi connectivity index (χ1v) is 12.1. The van der Waals surface area contributed by atoms with Gasteiger partial charge in [-0.15, -0.1) is 11.3 Å². The summed E-state index contributed by atoms with van der Waals surface area (Å²) in [5, 5.41) is 7.19. The molecule has 9 heteroatoms. The van der Waals surface area contributed by atoms with Crippen LogP contribution in [-0.2, 0) is 0 Å². The van der Waals surface area contributed by atoms with Crippen LogP contribution in [0, 0.1) is 11.6 Å². The number of rotatable bonds is 5. The molecule has 0 aliphatic carbocycles. The third-order valence-electron chi connectivity index (χ3n) is 5.98. The molecule has 5 rings (SSSR count). The molecule has 0 radical (unpaired) electrons. The fraction of sp³-hybridized carbons (Fsp3) is 0.320. The Labute approximate surface area is 199 Å². The fourth-order valence-corrected chi connectivity index (χ4v) is 4.91. The second kappa shape index (κ2) is 9.13. The van der Waals surface area contributed by atoms with Crippen molar-refractivity contribution in [1.82, 2.24) is 19.7 Å². The third kappa shape index (κ3) is 4.27. The SMILES string of the molecule is CC(C)n1ncc2c(C(=O)N3CCC(Oc4ccc(F)cc4F)CC3)cc(-c3cccs3)nc21. The Balaban J connectivity index is 1.38. The van der Waals surface area contributed by atoms with Crippen LogP contribution in [-0.4, -0.2) is 44.8 Å². The molecule has 6 nitrogen and oxygen atoms in total. The van der Waals surface area contributed by atoms with E-state index in [1.54, 1.807) is 22.4 Å². The number of nitrogens with zero attached hydrogens (tertiary/aromatic N) is 4. The van der Waals surface area contributed by atoms with Gasteiger partial charge in [0.15, 0.2) is 17.2 Å². The van der Waals surface area contributed by atoms with Gasteiger partial charge in [0.05, 0.1) is 27.7 Å². The average molecular weight is 483 g/mol. The molecule has 0 N–H and O–H groups in total. The molecule has 1 fully saturated rings. The topological polar surface area (TPSA) is 60.2 Å². The molecule has 4 aromatic rings. The smallest absolute Gasteiger partial charge is 0.254 e. The molecular weight excluding hydrogens is 458 g/mol. The molecule has 4 heterocycles. The van der Waals surface area contributed by atoms with E-state index in [4.69, 9.17) is 9.72 Å². The molecule has 0 spiro atoms. The van der Waals surface area contributed by atoms with Crippen LogP contribution in [0.4, 0.5) is 8.78 Å². The molecular formula is C25H24F2N4O2S. The maximum atomic E-state index is 14.0. The van der Waals surface area contributed by atoms with E-state index < -0.39 is 11.6 Å². The number of pyridine rings is 1. The summed E-state index contributed by atoms with van der Waals surface area (Å²) in [6.07, 6.45) is 2.58. The zero-order valence-electron chi connectivity index (χ0n) is 18.9. The molecule has 176 valence electrons. The van der Waals surface area contributed by atoms with Gasteiger partial charge in [0.25, 0.3) is 5.91 Å². The summed E-state index contributed by atoms with van der Waals surface area (Å²) in [7, 11) is 0. The van der Waals surface area contributed by atoms with Gasteiger partial charge < -0.3 is 9.64 Å². The highest BCUT2D eigenvalue weighted by molar-refractivity contribution is 7.13. The van der Waals surface area contributed by atoms with Crippen molar-refractivity contribution in [3.05, 3.63) is 65.2 Å². The van der Waals surface area contributed by atoms with Crippen LogP contribution in [0.3, 0.4) is 0 Å². The Morgan fingerprint density at radius 1 is 1.18 bits per heavy atom. The van der Waals surface area contributed by atoms with Gasteiger partial charge in [-0.2, -0.15) is 5.10 Å². The molecule has 34 heavy (non-hydrogen) atoms. The largest absolute Gasteiger partial charge is 0.487 e. The molecule has 0 unspecified atom stereocenters. The summed E-state index contributed by atoms with van der Waals surface area (Å²) in [5.74, 6) is -1.42. The van der Waals surface area contributed by atoms with E-state index in [0.717, 1.165) is 22.0 Å². The lowest BCUT2D eigenvalue weighted by molar-refractivity contribution is 0.0590. The fourth-order valence-electron chi connectivity index (χ4n) is 4.22. The number of fused-ring (bicyclic) bond motifs is 1. The predicted octanol–water partition coefficient (Wildman–Crippen LogP) is 5.70. The van der Waals surface area contributed by atoms with E-state index in [2.05, 4.69) is 5.10 Å². The number of benzene rings is 1. The van der Waals surface area contributed by atoms with Crippen LogP contribution >= 0.6 is 11.3 Å². The van der Waals surface area contributed by atoms with Crippen LogP contribution in [0.15, 0.2) is 48.0 Å². The van der Waals surface area contributed by atoms with E-state index in [1.165, 1.54) is 12.1 Å². The van der Waals surface area contributed by atoms with E-state index in [0.29, 0.717) is 37.1 Å². The minimum absolute atomic E-state index is 0.0312. The van der Waals surface area contributed by atoms with E-state index in [-0.39, 0.29) is 23.8 Å². The number of carbonyl (C=O) groups is 1. The van der Waals surface area contributed by atoms with Gasteiger partial charge in [-0.25, -0.2) is 18.4 Å².